The first-order valence-corrected chi connectivity index (χ1v) is 13.5. The van der Waals surface area contributed by atoms with Crippen molar-refractivity contribution in [3.05, 3.63) is 146 Å². The number of fused-ring (bicyclic) bond motifs is 6. The second kappa shape index (κ2) is 9.11. The third-order valence-electron chi connectivity index (χ3n) is 7.69. The Hall–Kier alpha value is -5.41. The largest absolute Gasteiger partial charge is 0.454 e. The van der Waals surface area contributed by atoms with Gasteiger partial charge in [0.15, 0.2) is 5.58 Å². The number of pyridine rings is 1. The predicted molar refractivity (Wildman–Crippen MR) is 167 cm³/mol. The van der Waals surface area contributed by atoms with Gasteiger partial charge in [0.2, 0.25) is 0 Å². The van der Waals surface area contributed by atoms with Crippen LogP contribution in [0.2, 0.25) is 0 Å². The lowest BCUT2D eigenvalue weighted by molar-refractivity contribution is 0.668. The lowest BCUT2D eigenvalue weighted by Crippen LogP contribution is -2.10. The summed E-state index contributed by atoms with van der Waals surface area (Å²) in [5, 5.41) is 5.93. The molecule has 2 heterocycles. The minimum atomic E-state index is 0.786. The van der Waals surface area contributed by atoms with E-state index < -0.39 is 0 Å². The van der Waals surface area contributed by atoms with E-state index >= 15 is 0 Å². The normalized spacial score (nSPS) is 11.5. The molecule has 0 saturated heterocycles. The summed E-state index contributed by atoms with van der Waals surface area (Å²) in [5.41, 5.74) is 8.03. The van der Waals surface area contributed by atoms with Crippen molar-refractivity contribution < 1.29 is 4.42 Å². The molecule has 0 bridgehead atoms. The van der Waals surface area contributed by atoms with Gasteiger partial charge in [-0.3, -0.25) is 4.98 Å². The number of hydrogen-bond acceptors (Lipinski definition) is 3. The second-order valence-corrected chi connectivity index (χ2v) is 10.0. The number of anilines is 3. The van der Waals surface area contributed by atoms with Crippen molar-refractivity contribution in [1.82, 2.24) is 4.98 Å². The van der Waals surface area contributed by atoms with Gasteiger partial charge < -0.3 is 9.32 Å². The fourth-order valence-corrected chi connectivity index (χ4v) is 5.80. The van der Waals surface area contributed by atoms with Gasteiger partial charge in [0.05, 0.1) is 11.1 Å². The maximum atomic E-state index is 6.23. The molecule has 0 aliphatic heterocycles. The Kier molecular flexibility index (Phi) is 5.14. The van der Waals surface area contributed by atoms with E-state index in [-0.39, 0.29) is 0 Å². The molecule has 40 heavy (non-hydrogen) atoms. The second-order valence-electron chi connectivity index (χ2n) is 10.0. The van der Waals surface area contributed by atoms with Crippen LogP contribution in [0.4, 0.5) is 17.1 Å². The third-order valence-corrected chi connectivity index (χ3v) is 7.69. The van der Waals surface area contributed by atoms with Gasteiger partial charge >= 0.3 is 0 Å². The van der Waals surface area contributed by atoms with Crippen LogP contribution in [0.3, 0.4) is 0 Å². The van der Waals surface area contributed by atoms with Crippen LogP contribution < -0.4 is 4.90 Å². The summed E-state index contributed by atoms with van der Waals surface area (Å²) >= 11 is 0. The Bertz CT molecular complexity index is 2160. The molecule has 0 aliphatic rings. The summed E-state index contributed by atoms with van der Waals surface area (Å²) < 4.78 is 6.23. The highest BCUT2D eigenvalue weighted by molar-refractivity contribution is 6.13. The summed E-state index contributed by atoms with van der Waals surface area (Å²) in [4.78, 5) is 7.05. The Labute approximate surface area is 231 Å². The van der Waals surface area contributed by atoms with Gasteiger partial charge in [-0.05, 0) is 81.2 Å². The monoisotopic (exact) mass is 512 g/mol. The highest BCUT2D eigenvalue weighted by Gasteiger charge is 2.20. The van der Waals surface area contributed by atoms with Gasteiger partial charge in [-0.15, -0.1) is 0 Å². The molecule has 0 aliphatic carbocycles. The first kappa shape index (κ1) is 22.6. The Morgan fingerprint density at radius 2 is 1.20 bits per heavy atom. The van der Waals surface area contributed by atoms with E-state index in [2.05, 4.69) is 120 Å². The van der Waals surface area contributed by atoms with E-state index in [1.807, 2.05) is 30.5 Å². The smallest absolute Gasteiger partial charge is 0.153 e. The van der Waals surface area contributed by atoms with Crippen molar-refractivity contribution in [1.29, 1.82) is 0 Å². The molecule has 0 radical (unpaired) electrons. The lowest BCUT2D eigenvalue weighted by atomic mass is 10.0. The van der Waals surface area contributed by atoms with Gasteiger partial charge in [-0.25, -0.2) is 0 Å². The van der Waals surface area contributed by atoms with Crippen LogP contribution >= 0.6 is 0 Å². The van der Waals surface area contributed by atoms with Crippen LogP contribution in [0.1, 0.15) is 0 Å². The first-order valence-electron chi connectivity index (χ1n) is 13.5. The van der Waals surface area contributed by atoms with E-state index in [0.717, 1.165) is 39.1 Å². The Balaban J connectivity index is 1.39. The molecule has 8 rings (SSSR count). The average molecular weight is 513 g/mol. The number of hydrogen-bond donors (Lipinski definition) is 0. The van der Waals surface area contributed by atoms with Gasteiger partial charge in [-0.2, -0.15) is 0 Å². The number of aromatic nitrogens is 1. The van der Waals surface area contributed by atoms with Gasteiger partial charge in [0, 0.05) is 17.6 Å². The quantitative estimate of drug-likeness (QED) is 0.220. The molecule has 3 heteroatoms. The summed E-state index contributed by atoms with van der Waals surface area (Å²) in [5.74, 6) is 0. The SMILES string of the molecule is c1ccc(-c2ccc(N(c3ccc4ccc5ccccc5c4c3)c3cccc4oc5cccnc5c34)cc2)cc1. The highest BCUT2D eigenvalue weighted by atomic mass is 16.3. The van der Waals surface area contributed by atoms with Crippen molar-refractivity contribution >= 4 is 60.7 Å². The van der Waals surface area contributed by atoms with Crippen LogP contribution in [0, 0.1) is 0 Å². The van der Waals surface area contributed by atoms with Crippen molar-refractivity contribution in [2.45, 2.75) is 0 Å². The summed E-state index contributed by atoms with van der Waals surface area (Å²) in [6, 6.07) is 49.1. The molecule has 188 valence electrons. The molecule has 2 aromatic heterocycles. The number of furan rings is 1. The van der Waals surface area contributed by atoms with Gasteiger partial charge in [-0.1, -0.05) is 91.0 Å². The molecule has 0 amide bonds. The fraction of sp³-hybridized carbons (Fsp3) is 0. The van der Waals surface area contributed by atoms with Crippen LogP contribution in [-0.2, 0) is 0 Å². The van der Waals surface area contributed by atoms with Crippen molar-refractivity contribution in [3.63, 3.8) is 0 Å². The predicted octanol–water partition coefficient (Wildman–Crippen LogP) is 10.4. The molecule has 0 unspecified atom stereocenters. The molecule has 0 atom stereocenters. The molecule has 3 nitrogen and oxygen atoms in total. The first-order chi connectivity index (χ1) is 19.8. The van der Waals surface area contributed by atoms with Crippen LogP contribution in [0.15, 0.2) is 150 Å². The molecule has 0 saturated carbocycles. The summed E-state index contributed by atoms with van der Waals surface area (Å²) in [6.45, 7) is 0. The van der Waals surface area contributed by atoms with Crippen molar-refractivity contribution in [2.75, 3.05) is 4.90 Å². The fourth-order valence-electron chi connectivity index (χ4n) is 5.80. The minimum Gasteiger partial charge on any atom is -0.454 e. The van der Waals surface area contributed by atoms with E-state index in [0.29, 0.717) is 0 Å². The van der Waals surface area contributed by atoms with E-state index in [9.17, 15) is 0 Å². The standard InChI is InChI=1S/C37H24N2O/c1-2-8-25(9-3-1)26-17-20-29(21-18-26)39(33-12-6-13-34-36(33)37-35(40-34)14-7-23-38-37)30-22-19-28-16-15-27-10-4-5-11-31(27)32(28)24-30/h1-24H. The molecule has 0 fully saturated rings. The number of benzene rings is 6. The number of nitrogens with zero attached hydrogens (tertiary/aromatic N) is 2. The van der Waals surface area contributed by atoms with Crippen LogP contribution in [0.5, 0.6) is 0 Å². The summed E-state index contributed by atoms with van der Waals surface area (Å²) in [7, 11) is 0. The maximum Gasteiger partial charge on any atom is 0.153 e. The van der Waals surface area contributed by atoms with Crippen LogP contribution in [0.25, 0.3) is 54.7 Å². The molecule has 0 spiro atoms. The Morgan fingerprint density at radius 1 is 0.500 bits per heavy atom. The molecule has 8 aromatic rings. The molecular weight excluding hydrogens is 488 g/mol. The lowest BCUT2D eigenvalue weighted by Gasteiger charge is -2.27. The summed E-state index contributed by atoms with van der Waals surface area (Å²) in [6.07, 6.45) is 1.83. The van der Waals surface area contributed by atoms with Crippen molar-refractivity contribution in [2.24, 2.45) is 0 Å². The third kappa shape index (κ3) is 3.63. The van der Waals surface area contributed by atoms with Crippen LogP contribution in [-0.4, -0.2) is 4.98 Å². The zero-order valence-electron chi connectivity index (χ0n) is 21.7. The zero-order chi connectivity index (χ0) is 26.5. The van der Waals surface area contributed by atoms with Crippen molar-refractivity contribution in [3.8, 4) is 11.1 Å². The molecule has 6 aromatic carbocycles. The molecular formula is C37H24N2O. The minimum absolute atomic E-state index is 0.786. The van der Waals surface area contributed by atoms with E-state index in [4.69, 9.17) is 9.40 Å². The highest BCUT2D eigenvalue weighted by Crippen LogP contribution is 2.43. The zero-order valence-corrected chi connectivity index (χ0v) is 21.7. The molecule has 0 N–H and O–H groups in total. The Morgan fingerprint density at radius 3 is 2.08 bits per heavy atom. The number of rotatable bonds is 4. The van der Waals surface area contributed by atoms with E-state index in [1.54, 1.807) is 0 Å². The van der Waals surface area contributed by atoms with Gasteiger partial charge in [0.25, 0.3) is 0 Å². The topological polar surface area (TPSA) is 29.3 Å². The average Bonchev–Trinajstić information content (AvgIpc) is 3.41. The van der Waals surface area contributed by atoms with Gasteiger partial charge in [0.1, 0.15) is 11.1 Å². The maximum absolute atomic E-state index is 6.23. The van der Waals surface area contributed by atoms with E-state index in [1.165, 1.54) is 32.7 Å².